The number of rotatable bonds is 4. The van der Waals surface area contributed by atoms with E-state index in [2.05, 4.69) is 15.6 Å². The van der Waals surface area contributed by atoms with Gasteiger partial charge in [0, 0.05) is 29.3 Å². The molecule has 0 saturated heterocycles. The summed E-state index contributed by atoms with van der Waals surface area (Å²) in [5, 5.41) is 6.76. The number of hydrogen-bond acceptors (Lipinski definition) is 2. The molecule has 7 heteroatoms. The number of alkyl halides is 3. The molecule has 3 nitrogen and oxygen atoms in total. The van der Waals surface area contributed by atoms with Crippen molar-refractivity contribution in [1.29, 1.82) is 0 Å². The van der Waals surface area contributed by atoms with E-state index >= 15 is 0 Å². The number of anilines is 2. The lowest BCUT2D eigenvalue weighted by atomic mass is 10.1. The number of aromatic nitrogens is 1. The predicted molar refractivity (Wildman–Crippen MR) is 85.7 cm³/mol. The molecule has 3 rings (SSSR count). The Morgan fingerprint density at radius 3 is 2.58 bits per heavy atom. The Kier molecular flexibility index (Phi) is 4.19. The van der Waals surface area contributed by atoms with Gasteiger partial charge in [-0.05, 0) is 42.9 Å². The molecule has 0 amide bonds. The van der Waals surface area contributed by atoms with Gasteiger partial charge >= 0.3 is 6.18 Å². The Bertz CT molecular complexity index is 868. The Labute approximate surface area is 135 Å². The second kappa shape index (κ2) is 6.16. The van der Waals surface area contributed by atoms with E-state index in [0.717, 1.165) is 28.6 Å². The van der Waals surface area contributed by atoms with Gasteiger partial charge in [-0.1, -0.05) is 6.07 Å². The molecule has 0 saturated carbocycles. The Balaban J connectivity index is 1.96. The Morgan fingerprint density at radius 2 is 1.88 bits per heavy atom. The zero-order valence-electron chi connectivity index (χ0n) is 12.8. The molecule has 3 N–H and O–H groups in total. The summed E-state index contributed by atoms with van der Waals surface area (Å²) in [5.74, 6) is -0.926. The fourth-order valence-electron chi connectivity index (χ4n) is 2.62. The maximum atomic E-state index is 13.2. The van der Waals surface area contributed by atoms with Crippen molar-refractivity contribution in [2.45, 2.75) is 12.7 Å². The van der Waals surface area contributed by atoms with Crippen molar-refractivity contribution >= 4 is 22.3 Å². The van der Waals surface area contributed by atoms with Crippen LogP contribution in [0.25, 0.3) is 10.9 Å². The Morgan fingerprint density at radius 1 is 1.08 bits per heavy atom. The summed E-state index contributed by atoms with van der Waals surface area (Å²) >= 11 is 0. The first-order valence-electron chi connectivity index (χ1n) is 7.27. The molecule has 126 valence electrons. The van der Waals surface area contributed by atoms with E-state index in [1.165, 1.54) is 0 Å². The van der Waals surface area contributed by atoms with Gasteiger partial charge in [0.25, 0.3) is 0 Å². The zero-order chi connectivity index (χ0) is 17.3. The summed E-state index contributed by atoms with van der Waals surface area (Å²) in [7, 11) is 1.84. The lowest BCUT2D eigenvalue weighted by molar-refractivity contribution is -0.137. The van der Waals surface area contributed by atoms with Crippen LogP contribution in [0.4, 0.5) is 28.9 Å². The highest BCUT2D eigenvalue weighted by Crippen LogP contribution is 2.37. The van der Waals surface area contributed by atoms with Crippen molar-refractivity contribution in [1.82, 2.24) is 10.3 Å². The second-order valence-corrected chi connectivity index (χ2v) is 5.42. The van der Waals surface area contributed by atoms with E-state index in [-0.39, 0.29) is 5.69 Å². The zero-order valence-corrected chi connectivity index (χ0v) is 12.8. The number of nitrogens with one attached hydrogen (secondary N) is 3. The van der Waals surface area contributed by atoms with E-state index < -0.39 is 17.6 Å². The number of H-pyrrole nitrogens is 1. The molecule has 0 aliphatic heterocycles. The Hall–Kier alpha value is -2.54. The molecule has 0 spiro atoms. The van der Waals surface area contributed by atoms with Gasteiger partial charge in [0.05, 0.1) is 11.3 Å². The van der Waals surface area contributed by atoms with E-state index in [1.807, 2.05) is 19.3 Å². The molecule has 0 radical (unpaired) electrons. The summed E-state index contributed by atoms with van der Waals surface area (Å²) in [4.78, 5) is 3.09. The smallest absolute Gasteiger partial charge is 0.361 e. The lowest BCUT2D eigenvalue weighted by Crippen LogP contribution is -2.09. The van der Waals surface area contributed by atoms with Gasteiger partial charge in [-0.3, -0.25) is 0 Å². The fourth-order valence-corrected chi connectivity index (χ4v) is 2.62. The van der Waals surface area contributed by atoms with E-state index in [4.69, 9.17) is 0 Å². The van der Waals surface area contributed by atoms with Crippen LogP contribution in [0.15, 0.2) is 42.6 Å². The molecule has 1 heterocycles. The minimum absolute atomic E-state index is 0.190. The van der Waals surface area contributed by atoms with Crippen molar-refractivity contribution in [3.63, 3.8) is 0 Å². The van der Waals surface area contributed by atoms with Crippen molar-refractivity contribution < 1.29 is 17.6 Å². The van der Waals surface area contributed by atoms with Crippen molar-refractivity contribution in [3.05, 3.63) is 59.5 Å². The summed E-state index contributed by atoms with van der Waals surface area (Å²) in [6, 6.07) is 7.81. The van der Waals surface area contributed by atoms with Gasteiger partial charge in [0.15, 0.2) is 0 Å². The molecule has 24 heavy (non-hydrogen) atoms. The number of benzene rings is 2. The van der Waals surface area contributed by atoms with Gasteiger partial charge < -0.3 is 15.6 Å². The number of aromatic amines is 1. The normalized spacial score (nSPS) is 11.9. The molecule has 0 unspecified atom stereocenters. The van der Waals surface area contributed by atoms with Gasteiger partial charge in [-0.25, -0.2) is 4.39 Å². The van der Waals surface area contributed by atoms with Crippen molar-refractivity contribution in [2.24, 2.45) is 0 Å². The van der Waals surface area contributed by atoms with Crippen LogP contribution in [0.1, 0.15) is 11.1 Å². The quantitative estimate of drug-likeness (QED) is 0.599. The van der Waals surface area contributed by atoms with Crippen LogP contribution < -0.4 is 10.6 Å². The molecule has 0 bridgehead atoms. The second-order valence-electron chi connectivity index (χ2n) is 5.42. The molecular weight excluding hydrogens is 322 g/mol. The minimum atomic E-state index is -4.64. The van der Waals surface area contributed by atoms with Crippen LogP contribution in [0.3, 0.4) is 0 Å². The summed E-state index contributed by atoms with van der Waals surface area (Å²) in [5.41, 5.74) is 1.13. The average molecular weight is 337 g/mol. The van der Waals surface area contributed by atoms with Crippen LogP contribution in [0.5, 0.6) is 0 Å². The number of halogens is 4. The van der Waals surface area contributed by atoms with E-state index in [9.17, 15) is 17.6 Å². The summed E-state index contributed by atoms with van der Waals surface area (Å²) in [6.07, 6.45) is -2.79. The third kappa shape index (κ3) is 3.21. The number of fused-ring (bicyclic) bond motifs is 1. The maximum Gasteiger partial charge on any atom is 0.418 e. The van der Waals surface area contributed by atoms with Crippen LogP contribution in [0, 0.1) is 5.82 Å². The number of hydrogen-bond donors (Lipinski definition) is 3. The molecule has 2 aromatic carbocycles. The van der Waals surface area contributed by atoms with Crippen molar-refractivity contribution in [2.75, 3.05) is 12.4 Å². The minimum Gasteiger partial charge on any atom is -0.361 e. The summed E-state index contributed by atoms with van der Waals surface area (Å²) < 4.78 is 52.3. The first kappa shape index (κ1) is 16.3. The van der Waals surface area contributed by atoms with Crippen LogP contribution in [-0.4, -0.2) is 12.0 Å². The fraction of sp³-hybridized carbons (Fsp3) is 0.176. The van der Waals surface area contributed by atoms with Gasteiger partial charge in [0.1, 0.15) is 5.82 Å². The maximum absolute atomic E-state index is 13.2. The third-order valence-electron chi connectivity index (χ3n) is 3.70. The molecule has 0 fully saturated rings. The first-order valence-corrected chi connectivity index (χ1v) is 7.27. The SMILES string of the molecule is CNCc1c[nH]c2cc(Nc3ccc(F)cc3C(F)(F)F)ccc12. The highest BCUT2D eigenvalue weighted by atomic mass is 19.4. The molecule has 1 aromatic heterocycles. The van der Waals surface area contributed by atoms with E-state index in [0.29, 0.717) is 18.3 Å². The molecule has 0 aliphatic rings. The van der Waals surface area contributed by atoms with Gasteiger partial charge in [-0.15, -0.1) is 0 Å². The monoisotopic (exact) mass is 337 g/mol. The predicted octanol–water partition coefficient (Wildman–Crippen LogP) is 4.79. The van der Waals surface area contributed by atoms with Crippen molar-refractivity contribution in [3.8, 4) is 0 Å². The van der Waals surface area contributed by atoms with Crippen LogP contribution in [0.2, 0.25) is 0 Å². The topological polar surface area (TPSA) is 39.9 Å². The third-order valence-corrected chi connectivity index (χ3v) is 3.70. The van der Waals surface area contributed by atoms with Crippen LogP contribution in [-0.2, 0) is 12.7 Å². The van der Waals surface area contributed by atoms with E-state index in [1.54, 1.807) is 12.1 Å². The largest absolute Gasteiger partial charge is 0.418 e. The van der Waals surface area contributed by atoms with Gasteiger partial charge in [0.2, 0.25) is 0 Å². The highest BCUT2D eigenvalue weighted by Gasteiger charge is 2.34. The molecule has 0 aliphatic carbocycles. The lowest BCUT2D eigenvalue weighted by Gasteiger charge is -2.15. The van der Waals surface area contributed by atoms with Crippen LogP contribution >= 0.6 is 0 Å². The standard InChI is InChI=1S/C17H15F4N3/c1-22-8-10-9-23-16-7-12(3-4-13(10)16)24-15-5-2-11(18)6-14(15)17(19,20)21/h2-7,9,22-24H,8H2,1H3. The highest BCUT2D eigenvalue weighted by molar-refractivity contribution is 5.87. The average Bonchev–Trinajstić information content (AvgIpc) is 2.91. The molecule has 0 atom stereocenters. The van der Waals surface area contributed by atoms with Gasteiger partial charge in [-0.2, -0.15) is 13.2 Å². The molecule has 3 aromatic rings. The summed E-state index contributed by atoms with van der Waals surface area (Å²) in [6.45, 7) is 0.683. The molecular formula is C17H15F4N3. The first-order chi connectivity index (χ1) is 11.4.